The highest BCUT2D eigenvalue weighted by atomic mass is 16.3. The zero-order chi connectivity index (χ0) is 11.4. The molecule has 0 saturated carbocycles. The van der Waals surface area contributed by atoms with Crippen molar-refractivity contribution in [1.82, 2.24) is 10.6 Å². The molecule has 1 aromatic rings. The van der Waals surface area contributed by atoms with E-state index in [0.717, 1.165) is 32.5 Å². The normalized spacial score (nSPS) is 17.3. The van der Waals surface area contributed by atoms with E-state index in [1.54, 1.807) is 19.3 Å². The van der Waals surface area contributed by atoms with Crippen molar-refractivity contribution in [2.45, 2.75) is 19.8 Å². The van der Waals surface area contributed by atoms with Crippen LogP contribution in [0.5, 0.6) is 0 Å². The number of hydrogen-bond acceptors (Lipinski definition) is 3. The van der Waals surface area contributed by atoms with Crippen LogP contribution < -0.4 is 10.6 Å². The van der Waals surface area contributed by atoms with Crippen molar-refractivity contribution in [3.63, 3.8) is 0 Å². The molecule has 1 aromatic heterocycles. The van der Waals surface area contributed by atoms with Crippen LogP contribution in [-0.4, -0.2) is 25.5 Å². The fraction of sp³-hybridized carbons (Fsp3) is 0.583. The van der Waals surface area contributed by atoms with Gasteiger partial charge < -0.3 is 15.1 Å². The van der Waals surface area contributed by atoms with E-state index >= 15 is 0 Å². The maximum atomic E-state index is 11.8. The lowest BCUT2D eigenvalue weighted by Crippen LogP contribution is -2.36. The van der Waals surface area contributed by atoms with Gasteiger partial charge in [0.2, 0.25) is 0 Å². The predicted molar refractivity (Wildman–Crippen MR) is 61.4 cm³/mol. The summed E-state index contributed by atoms with van der Waals surface area (Å²) in [6.07, 6.45) is 3.84. The van der Waals surface area contributed by atoms with E-state index in [1.165, 1.54) is 0 Å². The first-order chi connectivity index (χ1) is 7.77. The molecule has 1 aliphatic rings. The van der Waals surface area contributed by atoms with Gasteiger partial charge in [-0.25, -0.2) is 0 Å². The number of carbonyl (C=O) groups is 1. The maximum Gasteiger partial charge on any atom is 0.254 e. The van der Waals surface area contributed by atoms with Crippen LogP contribution in [0.1, 0.15) is 29.0 Å². The third-order valence-electron chi connectivity index (χ3n) is 3.11. The Morgan fingerprint density at radius 3 is 2.94 bits per heavy atom. The second kappa shape index (κ2) is 5.16. The zero-order valence-corrected chi connectivity index (χ0v) is 9.58. The molecule has 2 N–H and O–H groups in total. The number of rotatable bonds is 3. The van der Waals surface area contributed by atoms with Crippen molar-refractivity contribution >= 4 is 5.91 Å². The van der Waals surface area contributed by atoms with Gasteiger partial charge in [-0.1, -0.05) is 0 Å². The topological polar surface area (TPSA) is 54.3 Å². The Balaban J connectivity index is 1.81. The summed E-state index contributed by atoms with van der Waals surface area (Å²) in [7, 11) is 0. The van der Waals surface area contributed by atoms with Crippen molar-refractivity contribution in [2.24, 2.45) is 5.92 Å². The van der Waals surface area contributed by atoms with Crippen molar-refractivity contribution in [3.05, 3.63) is 23.7 Å². The minimum absolute atomic E-state index is 0.0233. The first-order valence-corrected chi connectivity index (χ1v) is 5.80. The van der Waals surface area contributed by atoms with Crippen LogP contribution in [0.3, 0.4) is 0 Å². The summed E-state index contributed by atoms with van der Waals surface area (Å²) in [6, 6.07) is 1.72. The molecule has 2 rings (SSSR count). The Bertz CT molecular complexity index is 354. The minimum Gasteiger partial charge on any atom is -0.469 e. The molecule has 0 atom stereocenters. The number of piperidine rings is 1. The minimum atomic E-state index is -0.0233. The molecule has 1 saturated heterocycles. The molecule has 1 aliphatic heterocycles. The van der Waals surface area contributed by atoms with Crippen molar-refractivity contribution < 1.29 is 9.21 Å². The zero-order valence-electron chi connectivity index (χ0n) is 9.58. The second-order valence-electron chi connectivity index (χ2n) is 4.29. The van der Waals surface area contributed by atoms with Gasteiger partial charge in [0.15, 0.2) is 0 Å². The number of furan rings is 1. The van der Waals surface area contributed by atoms with E-state index in [1.807, 2.05) is 0 Å². The van der Waals surface area contributed by atoms with E-state index in [4.69, 9.17) is 4.42 Å². The van der Waals surface area contributed by atoms with Crippen LogP contribution in [0.4, 0.5) is 0 Å². The number of nitrogens with one attached hydrogen (secondary N) is 2. The first-order valence-electron chi connectivity index (χ1n) is 5.80. The molecule has 0 bridgehead atoms. The molecule has 0 unspecified atom stereocenters. The standard InChI is InChI=1S/C12H18N2O2/c1-9-11(4-7-16-9)12(15)14-8-10-2-5-13-6-3-10/h4,7,10,13H,2-3,5-6,8H2,1H3,(H,14,15). The number of aryl methyl sites for hydroxylation is 1. The van der Waals surface area contributed by atoms with Crippen LogP contribution in [0.15, 0.2) is 16.7 Å². The first kappa shape index (κ1) is 11.2. The molecule has 16 heavy (non-hydrogen) atoms. The smallest absolute Gasteiger partial charge is 0.254 e. The van der Waals surface area contributed by atoms with Crippen LogP contribution in [0.2, 0.25) is 0 Å². The largest absolute Gasteiger partial charge is 0.469 e. The molecule has 4 nitrogen and oxygen atoms in total. The van der Waals surface area contributed by atoms with Crippen LogP contribution in [0, 0.1) is 12.8 Å². The molecular weight excluding hydrogens is 204 g/mol. The Kier molecular flexibility index (Phi) is 3.62. The van der Waals surface area contributed by atoms with E-state index in [0.29, 0.717) is 17.2 Å². The van der Waals surface area contributed by atoms with Gasteiger partial charge in [0.05, 0.1) is 11.8 Å². The number of hydrogen-bond donors (Lipinski definition) is 2. The highest BCUT2D eigenvalue weighted by Crippen LogP contribution is 2.12. The average Bonchev–Trinajstić information content (AvgIpc) is 2.74. The third kappa shape index (κ3) is 2.64. The molecule has 2 heterocycles. The van der Waals surface area contributed by atoms with Crippen molar-refractivity contribution in [1.29, 1.82) is 0 Å². The fourth-order valence-electron chi connectivity index (χ4n) is 2.04. The summed E-state index contributed by atoms with van der Waals surface area (Å²) < 4.78 is 5.11. The van der Waals surface area contributed by atoms with Gasteiger partial charge in [-0.3, -0.25) is 4.79 Å². The Morgan fingerprint density at radius 1 is 1.56 bits per heavy atom. The van der Waals surface area contributed by atoms with Gasteiger partial charge in [0, 0.05) is 6.54 Å². The summed E-state index contributed by atoms with van der Waals surface area (Å²) in [6.45, 7) is 4.70. The monoisotopic (exact) mass is 222 g/mol. The van der Waals surface area contributed by atoms with Crippen LogP contribution in [-0.2, 0) is 0 Å². The summed E-state index contributed by atoms with van der Waals surface area (Å²) in [5.74, 6) is 1.27. The maximum absolute atomic E-state index is 11.8. The summed E-state index contributed by atoms with van der Waals surface area (Å²) >= 11 is 0. The summed E-state index contributed by atoms with van der Waals surface area (Å²) in [5, 5.41) is 6.28. The van der Waals surface area contributed by atoms with E-state index in [9.17, 15) is 4.79 Å². The molecule has 88 valence electrons. The van der Waals surface area contributed by atoms with Crippen molar-refractivity contribution in [3.8, 4) is 0 Å². The molecule has 0 radical (unpaired) electrons. The number of carbonyl (C=O) groups excluding carboxylic acids is 1. The van der Waals surface area contributed by atoms with E-state index in [2.05, 4.69) is 10.6 Å². The lowest BCUT2D eigenvalue weighted by molar-refractivity contribution is 0.0942. The van der Waals surface area contributed by atoms with Gasteiger partial charge in [-0.15, -0.1) is 0 Å². The van der Waals surface area contributed by atoms with Gasteiger partial charge in [-0.2, -0.15) is 0 Å². The van der Waals surface area contributed by atoms with Gasteiger partial charge >= 0.3 is 0 Å². The lowest BCUT2D eigenvalue weighted by Gasteiger charge is -2.22. The van der Waals surface area contributed by atoms with E-state index < -0.39 is 0 Å². The molecule has 4 heteroatoms. The van der Waals surface area contributed by atoms with Crippen LogP contribution >= 0.6 is 0 Å². The molecule has 1 fully saturated rings. The Labute approximate surface area is 95.4 Å². The molecule has 0 aliphatic carbocycles. The Morgan fingerprint density at radius 2 is 2.31 bits per heavy atom. The predicted octanol–water partition coefficient (Wildman–Crippen LogP) is 1.32. The van der Waals surface area contributed by atoms with Crippen molar-refractivity contribution in [2.75, 3.05) is 19.6 Å². The second-order valence-corrected chi connectivity index (χ2v) is 4.29. The van der Waals surface area contributed by atoms with E-state index in [-0.39, 0.29) is 5.91 Å². The molecular formula is C12H18N2O2. The summed E-state index contributed by atoms with van der Waals surface area (Å²) in [4.78, 5) is 11.8. The number of amides is 1. The Hall–Kier alpha value is -1.29. The molecule has 0 spiro atoms. The quantitative estimate of drug-likeness (QED) is 0.811. The van der Waals surface area contributed by atoms with Gasteiger partial charge in [-0.05, 0) is 44.8 Å². The average molecular weight is 222 g/mol. The molecule has 0 aromatic carbocycles. The fourth-order valence-corrected chi connectivity index (χ4v) is 2.04. The molecule has 1 amide bonds. The van der Waals surface area contributed by atoms with Gasteiger partial charge in [0.1, 0.15) is 5.76 Å². The summed E-state index contributed by atoms with van der Waals surface area (Å²) in [5.41, 5.74) is 0.647. The van der Waals surface area contributed by atoms with Gasteiger partial charge in [0.25, 0.3) is 5.91 Å². The SMILES string of the molecule is Cc1occc1C(=O)NCC1CCNCC1. The highest BCUT2D eigenvalue weighted by molar-refractivity contribution is 5.94. The van der Waals surface area contributed by atoms with Crippen LogP contribution in [0.25, 0.3) is 0 Å². The third-order valence-corrected chi connectivity index (χ3v) is 3.11. The highest BCUT2D eigenvalue weighted by Gasteiger charge is 2.16. The lowest BCUT2D eigenvalue weighted by atomic mass is 9.98.